The molecular formula is C46H78N2O5. The van der Waals surface area contributed by atoms with Gasteiger partial charge in [-0.05, 0) is 109 Å². The Hall–Kier alpha value is -3.19. The Kier molecular flexibility index (Phi) is 37.6. The number of carbonyl (C=O) groups is 3. The number of nitrogens with two attached hydrogens (primary N) is 1. The molecule has 0 aliphatic rings. The van der Waals surface area contributed by atoms with Gasteiger partial charge in [-0.25, -0.2) is 4.79 Å². The van der Waals surface area contributed by atoms with Gasteiger partial charge in [0.05, 0.1) is 0 Å². The van der Waals surface area contributed by atoms with Gasteiger partial charge >= 0.3 is 11.9 Å². The second kappa shape index (κ2) is 40.0. The zero-order valence-electron chi connectivity index (χ0n) is 33.8. The molecule has 4 N–H and O–H groups in total. The van der Waals surface area contributed by atoms with Crippen molar-refractivity contribution < 1.29 is 24.2 Å². The first-order valence-corrected chi connectivity index (χ1v) is 21.3. The first kappa shape index (κ1) is 49.8. The van der Waals surface area contributed by atoms with E-state index in [2.05, 4.69) is 86.0 Å². The lowest BCUT2D eigenvalue weighted by Gasteiger charge is -2.15. The Morgan fingerprint density at radius 1 is 0.585 bits per heavy atom. The molecule has 0 aromatic heterocycles. The number of unbranched alkanes of at least 4 members (excludes halogenated alkanes) is 13. The summed E-state index contributed by atoms with van der Waals surface area (Å²) in [6.45, 7) is 4.78. The van der Waals surface area contributed by atoms with E-state index < -0.39 is 12.0 Å². The van der Waals surface area contributed by atoms with Crippen LogP contribution in [0.2, 0.25) is 0 Å². The third-order valence-corrected chi connectivity index (χ3v) is 8.99. The van der Waals surface area contributed by atoms with Gasteiger partial charge in [0.25, 0.3) is 0 Å². The second-order valence-corrected chi connectivity index (χ2v) is 14.0. The van der Waals surface area contributed by atoms with Crippen molar-refractivity contribution in [3.8, 4) is 0 Å². The number of allylic oxidation sites excluding steroid dienone is 11. The molecule has 1 amide bonds. The Labute approximate surface area is 324 Å². The van der Waals surface area contributed by atoms with Crippen LogP contribution in [0.15, 0.2) is 72.9 Å². The Balaban J connectivity index is 4.35. The minimum Gasteiger partial charge on any atom is -0.480 e. The van der Waals surface area contributed by atoms with Gasteiger partial charge in [-0.15, -0.1) is 0 Å². The highest BCUT2D eigenvalue weighted by Crippen LogP contribution is 2.15. The number of carboxylic acids is 1. The summed E-state index contributed by atoms with van der Waals surface area (Å²) in [5, 5.41) is 11.9. The maximum Gasteiger partial charge on any atom is 0.326 e. The van der Waals surface area contributed by atoms with Gasteiger partial charge in [-0.1, -0.05) is 138 Å². The Bertz CT molecular complexity index is 1060. The van der Waals surface area contributed by atoms with Gasteiger partial charge in [0.2, 0.25) is 5.91 Å². The number of hydrogen-bond acceptors (Lipinski definition) is 5. The maximum absolute atomic E-state index is 12.7. The molecule has 0 aliphatic carbocycles. The molecule has 0 saturated carbocycles. The monoisotopic (exact) mass is 739 g/mol. The number of carbonyl (C=O) groups excluding carboxylic acids is 2. The topological polar surface area (TPSA) is 119 Å². The van der Waals surface area contributed by atoms with Crippen LogP contribution < -0.4 is 11.1 Å². The van der Waals surface area contributed by atoms with E-state index in [0.29, 0.717) is 38.6 Å². The fourth-order valence-corrected chi connectivity index (χ4v) is 5.80. The minimum atomic E-state index is -1.02. The number of aliphatic carboxylic acids is 1. The average Bonchev–Trinajstić information content (AvgIpc) is 3.14. The molecule has 0 fully saturated rings. The van der Waals surface area contributed by atoms with Crippen LogP contribution in [0, 0.1) is 0 Å². The lowest BCUT2D eigenvalue weighted by molar-refractivity contribution is -0.147. The second-order valence-electron chi connectivity index (χ2n) is 14.0. The standard InChI is InChI=1S/C46H78N2O5/c1-3-5-7-9-11-13-14-15-16-17-18-19-20-21-22-24-26-28-34-40-45(50)53-42(36-31-27-25-23-12-10-8-6-4-2)37-32-29-30-33-39-44(49)48-43(46(51)52)38-35-41-47/h5,7,11,13,15-16,18-19,23,25,31,36,42-43H,3-4,6,8-10,12,14,17,20-22,24,26-30,32-35,37-41,47H2,1-2H3,(H,48,49)(H,51,52)/b7-5-,13-11-,16-15-,19-18-,25-23-,36-31-. The van der Waals surface area contributed by atoms with E-state index in [1.54, 1.807) is 0 Å². The molecule has 2 unspecified atom stereocenters. The van der Waals surface area contributed by atoms with Gasteiger partial charge in [-0.3, -0.25) is 9.59 Å². The highest BCUT2D eigenvalue weighted by atomic mass is 16.5. The quantitative estimate of drug-likeness (QED) is 0.0332. The van der Waals surface area contributed by atoms with Gasteiger partial charge in [0, 0.05) is 12.8 Å². The molecule has 0 spiro atoms. The van der Waals surface area contributed by atoms with Gasteiger partial charge in [-0.2, -0.15) is 0 Å². The van der Waals surface area contributed by atoms with Crippen LogP contribution in [0.1, 0.15) is 181 Å². The number of amides is 1. The number of carboxylic acid groups (broad SMARTS) is 1. The predicted octanol–water partition coefficient (Wildman–Crippen LogP) is 11.9. The van der Waals surface area contributed by atoms with Gasteiger partial charge < -0.3 is 20.9 Å². The summed E-state index contributed by atoms with van der Waals surface area (Å²) in [5.74, 6) is -1.37. The van der Waals surface area contributed by atoms with E-state index in [-0.39, 0.29) is 18.0 Å². The lowest BCUT2D eigenvalue weighted by atomic mass is 10.1. The first-order chi connectivity index (χ1) is 25.9. The van der Waals surface area contributed by atoms with E-state index >= 15 is 0 Å². The van der Waals surface area contributed by atoms with Gasteiger partial charge in [0.15, 0.2) is 0 Å². The van der Waals surface area contributed by atoms with Crippen molar-refractivity contribution in [2.24, 2.45) is 5.73 Å². The minimum absolute atomic E-state index is 0.121. The van der Waals surface area contributed by atoms with Crippen molar-refractivity contribution in [1.82, 2.24) is 5.32 Å². The van der Waals surface area contributed by atoms with Crippen LogP contribution in [0.25, 0.3) is 0 Å². The van der Waals surface area contributed by atoms with Crippen molar-refractivity contribution in [3.05, 3.63) is 72.9 Å². The third-order valence-electron chi connectivity index (χ3n) is 8.99. The lowest BCUT2D eigenvalue weighted by Crippen LogP contribution is -2.40. The smallest absolute Gasteiger partial charge is 0.326 e. The number of hydrogen-bond donors (Lipinski definition) is 3. The fraction of sp³-hybridized carbons (Fsp3) is 0.674. The van der Waals surface area contributed by atoms with E-state index in [4.69, 9.17) is 10.5 Å². The van der Waals surface area contributed by atoms with E-state index in [0.717, 1.165) is 89.9 Å². The highest BCUT2D eigenvalue weighted by Gasteiger charge is 2.19. The first-order valence-electron chi connectivity index (χ1n) is 21.3. The van der Waals surface area contributed by atoms with Crippen molar-refractivity contribution >= 4 is 17.8 Å². The van der Waals surface area contributed by atoms with Crippen LogP contribution in [-0.4, -0.2) is 41.6 Å². The number of esters is 1. The van der Waals surface area contributed by atoms with Crippen LogP contribution in [0.4, 0.5) is 0 Å². The molecule has 0 aromatic carbocycles. The summed E-state index contributed by atoms with van der Waals surface area (Å²) in [6, 6.07) is -0.878. The number of ether oxygens (including phenoxy) is 1. The molecule has 0 radical (unpaired) electrons. The normalized spacial score (nSPS) is 13.4. The van der Waals surface area contributed by atoms with E-state index in [9.17, 15) is 19.5 Å². The van der Waals surface area contributed by atoms with Gasteiger partial charge in [0.1, 0.15) is 12.1 Å². The molecule has 7 heteroatoms. The highest BCUT2D eigenvalue weighted by molar-refractivity contribution is 5.83. The van der Waals surface area contributed by atoms with Crippen LogP contribution in [0.3, 0.4) is 0 Å². The summed E-state index contributed by atoms with van der Waals surface area (Å²) < 4.78 is 5.91. The molecular weight excluding hydrogens is 661 g/mol. The van der Waals surface area contributed by atoms with Crippen molar-refractivity contribution in [2.45, 2.75) is 193 Å². The summed E-state index contributed by atoms with van der Waals surface area (Å²) in [4.78, 5) is 36.3. The fourth-order valence-electron chi connectivity index (χ4n) is 5.80. The summed E-state index contributed by atoms with van der Waals surface area (Å²) in [6.07, 6.45) is 51.0. The molecule has 0 aromatic rings. The van der Waals surface area contributed by atoms with Crippen LogP contribution in [-0.2, 0) is 19.1 Å². The summed E-state index contributed by atoms with van der Waals surface area (Å²) >= 11 is 0. The molecule has 302 valence electrons. The molecule has 0 saturated heterocycles. The van der Waals surface area contributed by atoms with E-state index in [1.807, 2.05) is 6.08 Å². The van der Waals surface area contributed by atoms with Crippen molar-refractivity contribution in [1.29, 1.82) is 0 Å². The molecule has 0 heterocycles. The number of nitrogens with one attached hydrogen (secondary N) is 1. The molecule has 0 bridgehead atoms. The SMILES string of the molecule is CC/C=C\C/C=C\C/C=C\C/C=C\CCCCCCCCC(=O)OC(/C=C\C/C=C\CCCCCC)CCCCCCC(=O)NC(CCCN)C(=O)O. The number of rotatable bonds is 37. The maximum atomic E-state index is 12.7. The Morgan fingerprint density at radius 3 is 1.68 bits per heavy atom. The predicted molar refractivity (Wildman–Crippen MR) is 225 cm³/mol. The molecule has 0 rings (SSSR count). The van der Waals surface area contributed by atoms with E-state index in [1.165, 1.54) is 44.9 Å². The average molecular weight is 739 g/mol. The summed E-state index contributed by atoms with van der Waals surface area (Å²) in [7, 11) is 0. The molecule has 2 atom stereocenters. The zero-order valence-corrected chi connectivity index (χ0v) is 33.8. The van der Waals surface area contributed by atoms with Crippen LogP contribution in [0.5, 0.6) is 0 Å². The van der Waals surface area contributed by atoms with Crippen LogP contribution >= 0.6 is 0 Å². The zero-order chi connectivity index (χ0) is 38.9. The van der Waals surface area contributed by atoms with Crippen molar-refractivity contribution in [2.75, 3.05) is 6.54 Å². The van der Waals surface area contributed by atoms with Crippen molar-refractivity contribution in [3.63, 3.8) is 0 Å². The third kappa shape index (κ3) is 36.9. The largest absolute Gasteiger partial charge is 0.480 e. The summed E-state index contributed by atoms with van der Waals surface area (Å²) in [5.41, 5.74) is 5.48. The molecule has 7 nitrogen and oxygen atoms in total. The Morgan fingerprint density at radius 2 is 1.09 bits per heavy atom. The molecule has 0 aliphatic heterocycles. The molecule has 53 heavy (non-hydrogen) atoms.